The molecule has 0 aliphatic carbocycles. The lowest BCUT2D eigenvalue weighted by atomic mass is 10.2. The predicted octanol–water partition coefficient (Wildman–Crippen LogP) is 1.56. The highest BCUT2D eigenvalue weighted by Crippen LogP contribution is 2.14. The molecule has 1 heterocycles. The van der Waals surface area contributed by atoms with Crippen molar-refractivity contribution in [2.75, 3.05) is 31.9 Å². The highest BCUT2D eigenvalue weighted by atomic mass is 79.9. The van der Waals surface area contributed by atoms with Crippen molar-refractivity contribution in [1.29, 1.82) is 0 Å². The SMILES string of the molecule is CCS(=O)(=O)N1CCN(C(=O)c2ccc(Br)cc2)CC1. The molecule has 0 atom stereocenters. The van der Waals surface area contributed by atoms with Crippen LogP contribution in [0, 0.1) is 0 Å². The normalized spacial score (nSPS) is 17.2. The largest absolute Gasteiger partial charge is 0.336 e. The van der Waals surface area contributed by atoms with Gasteiger partial charge < -0.3 is 4.90 Å². The van der Waals surface area contributed by atoms with Gasteiger partial charge in [-0.05, 0) is 31.2 Å². The summed E-state index contributed by atoms with van der Waals surface area (Å²) < 4.78 is 25.9. The summed E-state index contributed by atoms with van der Waals surface area (Å²) in [5, 5.41) is 0. The first-order valence-electron chi connectivity index (χ1n) is 6.46. The Morgan fingerprint density at radius 1 is 1.15 bits per heavy atom. The number of benzene rings is 1. The molecule has 0 bridgehead atoms. The van der Waals surface area contributed by atoms with Crippen LogP contribution < -0.4 is 0 Å². The summed E-state index contributed by atoms with van der Waals surface area (Å²) in [5.74, 6) is 0.0549. The van der Waals surface area contributed by atoms with Gasteiger partial charge in [0.25, 0.3) is 5.91 Å². The summed E-state index contributed by atoms with van der Waals surface area (Å²) in [4.78, 5) is 14.0. The topological polar surface area (TPSA) is 57.7 Å². The van der Waals surface area contributed by atoms with Crippen molar-refractivity contribution in [2.45, 2.75) is 6.92 Å². The minimum absolute atomic E-state index is 0.0500. The van der Waals surface area contributed by atoms with E-state index in [1.807, 2.05) is 12.1 Å². The number of hydrogen-bond donors (Lipinski definition) is 0. The van der Waals surface area contributed by atoms with Crippen molar-refractivity contribution in [2.24, 2.45) is 0 Å². The van der Waals surface area contributed by atoms with Gasteiger partial charge in [-0.25, -0.2) is 8.42 Å². The molecule has 7 heteroatoms. The van der Waals surface area contributed by atoms with Gasteiger partial charge in [-0.3, -0.25) is 4.79 Å². The predicted molar refractivity (Wildman–Crippen MR) is 81.1 cm³/mol. The van der Waals surface area contributed by atoms with Crippen molar-refractivity contribution in [3.8, 4) is 0 Å². The molecule has 1 aromatic rings. The molecule has 1 saturated heterocycles. The van der Waals surface area contributed by atoms with Crippen molar-refractivity contribution >= 4 is 31.9 Å². The average Bonchev–Trinajstić information content (AvgIpc) is 2.47. The lowest BCUT2D eigenvalue weighted by molar-refractivity contribution is 0.0698. The van der Waals surface area contributed by atoms with E-state index in [2.05, 4.69) is 15.9 Å². The van der Waals surface area contributed by atoms with Gasteiger partial charge in [0.05, 0.1) is 5.75 Å². The zero-order valence-corrected chi connectivity index (χ0v) is 13.7. The first-order chi connectivity index (χ1) is 9.44. The summed E-state index contributed by atoms with van der Waals surface area (Å²) in [7, 11) is -3.15. The first kappa shape index (κ1) is 15.5. The van der Waals surface area contributed by atoms with Crippen LogP contribution in [0.25, 0.3) is 0 Å². The number of rotatable bonds is 3. The Labute approximate surface area is 127 Å². The lowest BCUT2D eigenvalue weighted by Crippen LogP contribution is -2.50. The minimum atomic E-state index is -3.15. The fourth-order valence-corrected chi connectivity index (χ4v) is 3.48. The molecular formula is C13H17BrN2O3S. The van der Waals surface area contributed by atoms with Crippen LogP contribution >= 0.6 is 15.9 Å². The Morgan fingerprint density at radius 3 is 2.20 bits per heavy atom. The van der Waals surface area contributed by atoms with E-state index >= 15 is 0 Å². The summed E-state index contributed by atoms with van der Waals surface area (Å²) in [6.45, 7) is 3.26. The number of piperazine rings is 1. The van der Waals surface area contributed by atoms with E-state index in [0.717, 1.165) is 4.47 Å². The van der Waals surface area contributed by atoms with Gasteiger partial charge >= 0.3 is 0 Å². The Morgan fingerprint density at radius 2 is 1.70 bits per heavy atom. The van der Waals surface area contributed by atoms with Crippen LogP contribution in [0.2, 0.25) is 0 Å². The summed E-state index contributed by atoms with van der Waals surface area (Å²) in [6.07, 6.45) is 0. The summed E-state index contributed by atoms with van der Waals surface area (Å²) in [6, 6.07) is 7.18. The maximum absolute atomic E-state index is 12.3. The van der Waals surface area contributed by atoms with Crippen molar-refractivity contribution in [3.05, 3.63) is 34.3 Å². The van der Waals surface area contributed by atoms with Gasteiger partial charge in [0.15, 0.2) is 0 Å². The quantitative estimate of drug-likeness (QED) is 0.821. The Kier molecular flexibility index (Phi) is 4.82. The Balaban J connectivity index is 2.00. The average molecular weight is 361 g/mol. The molecule has 0 unspecified atom stereocenters. The number of carbonyl (C=O) groups excluding carboxylic acids is 1. The molecule has 0 saturated carbocycles. The van der Waals surface area contributed by atoms with Crippen molar-refractivity contribution in [3.63, 3.8) is 0 Å². The van der Waals surface area contributed by atoms with E-state index in [4.69, 9.17) is 0 Å². The second kappa shape index (κ2) is 6.24. The van der Waals surface area contributed by atoms with E-state index in [1.54, 1.807) is 24.0 Å². The van der Waals surface area contributed by atoms with Crippen LogP contribution in [0.5, 0.6) is 0 Å². The molecule has 1 amide bonds. The van der Waals surface area contributed by atoms with Gasteiger partial charge in [0.1, 0.15) is 0 Å². The molecule has 1 aliphatic rings. The van der Waals surface area contributed by atoms with Gasteiger partial charge in [-0.15, -0.1) is 0 Å². The lowest BCUT2D eigenvalue weighted by Gasteiger charge is -2.33. The van der Waals surface area contributed by atoms with Crippen LogP contribution in [0.4, 0.5) is 0 Å². The van der Waals surface area contributed by atoms with E-state index in [-0.39, 0.29) is 11.7 Å². The van der Waals surface area contributed by atoms with Gasteiger partial charge in [-0.2, -0.15) is 4.31 Å². The van der Waals surface area contributed by atoms with Crippen LogP contribution in [-0.4, -0.2) is 55.5 Å². The molecule has 0 radical (unpaired) electrons. The Bertz CT molecular complexity index is 578. The van der Waals surface area contributed by atoms with E-state index < -0.39 is 10.0 Å². The van der Waals surface area contributed by atoms with Gasteiger partial charge in [-0.1, -0.05) is 15.9 Å². The monoisotopic (exact) mass is 360 g/mol. The van der Waals surface area contributed by atoms with E-state index in [9.17, 15) is 13.2 Å². The Hall–Kier alpha value is -0.920. The zero-order chi connectivity index (χ0) is 14.8. The van der Waals surface area contributed by atoms with Crippen LogP contribution in [0.1, 0.15) is 17.3 Å². The number of sulfonamides is 1. The summed E-state index contributed by atoms with van der Waals surface area (Å²) in [5.41, 5.74) is 0.625. The molecule has 1 aromatic carbocycles. The number of halogens is 1. The second-order valence-corrected chi connectivity index (χ2v) is 7.77. The molecule has 1 aliphatic heterocycles. The fraction of sp³-hybridized carbons (Fsp3) is 0.462. The van der Waals surface area contributed by atoms with Crippen molar-refractivity contribution < 1.29 is 13.2 Å². The maximum Gasteiger partial charge on any atom is 0.253 e. The standard InChI is InChI=1S/C13H17BrN2O3S/c1-2-20(18,19)16-9-7-15(8-10-16)13(17)11-3-5-12(14)6-4-11/h3-6H,2,7-10H2,1H3. The molecule has 2 rings (SSSR count). The van der Waals surface area contributed by atoms with Crippen LogP contribution in [0.3, 0.4) is 0 Å². The third kappa shape index (κ3) is 3.39. The zero-order valence-electron chi connectivity index (χ0n) is 11.3. The first-order valence-corrected chi connectivity index (χ1v) is 8.87. The molecule has 20 heavy (non-hydrogen) atoms. The highest BCUT2D eigenvalue weighted by Gasteiger charge is 2.27. The van der Waals surface area contributed by atoms with E-state index in [0.29, 0.717) is 31.7 Å². The highest BCUT2D eigenvalue weighted by molar-refractivity contribution is 9.10. The number of amides is 1. The minimum Gasteiger partial charge on any atom is -0.336 e. The smallest absolute Gasteiger partial charge is 0.253 e. The molecule has 0 N–H and O–H groups in total. The number of hydrogen-bond acceptors (Lipinski definition) is 3. The van der Waals surface area contributed by atoms with E-state index in [1.165, 1.54) is 4.31 Å². The van der Waals surface area contributed by atoms with Crippen molar-refractivity contribution in [1.82, 2.24) is 9.21 Å². The van der Waals surface area contributed by atoms with Crippen LogP contribution in [-0.2, 0) is 10.0 Å². The molecule has 0 aromatic heterocycles. The second-order valence-electron chi connectivity index (χ2n) is 4.60. The summed E-state index contributed by atoms with van der Waals surface area (Å²) >= 11 is 3.33. The number of nitrogens with zero attached hydrogens (tertiary/aromatic N) is 2. The molecule has 0 spiro atoms. The molecule has 110 valence electrons. The van der Waals surface area contributed by atoms with Gasteiger partial charge in [0, 0.05) is 36.2 Å². The number of carbonyl (C=O) groups is 1. The molecular weight excluding hydrogens is 344 g/mol. The molecule has 5 nitrogen and oxygen atoms in total. The fourth-order valence-electron chi connectivity index (χ4n) is 2.13. The third-order valence-electron chi connectivity index (χ3n) is 3.38. The third-order valence-corrected chi connectivity index (χ3v) is 5.79. The van der Waals surface area contributed by atoms with Gasteiger partial charge in [0.2, 0.25) is 10.0 Å². The van der Waals surface area contributed by atoms with Crippen LogP contribution in [0.15, 0.2) is 28.7 Å². The molecule has 1 fully saturated rings. The maximum atomic E-state index is 12.3.